The van der Waals surface area contributed by atoms with Gasteiger partial charge in [0.05, 0.1) is 5.52 Å². The predicted octanol–water partition coefficient (Wildman–Crippen LogP) is 2.79. The normalized spacial score (nSPS) is 14.8. The zero-order chi connectivity index (χ0) is 22.8. The monoisotopic (exact) mass is 438 g/mol. The van der Waals surface area contributed by atoms with Gasteiger partial charge in [0.25, 0.3) is 0 Å². The summed E-state index contributed by atoms with van der Waals surface area (Å²) in [5.74, 6) is -2.01. The van der Waals surface area contributed by atoms with Crippen LogP contribution in [0.15, 0.2) is 45.9 Å². The van der Waals surface area contributed by atoms with Crippen LogP contribution < -0.4 is 5.76 Å². The average Bonchev–Trinajstić information content (AvgIpc) is 3.26. The molecule has 11 heteroatoms. The molecular weight excluding hydrogens is 417 g/mol. The Morgan fingerprint density at radius 1 is 1.29 bits per heavy atom. The van der Waals surface area contributed by atoms with Crippen molar-refractivity contribution < 1.29 is 27.5 Å². The lowest BCUT2D eigenvalue weighted by molar-refractivity contribution is -0.192. The van der Waals surface area contributed by atoms with Crippen LogP contribution in [-0.2, 0) is 25.4 Å². The first-order valence-electron chi connectivity index (χ1n) is 9.34. The molecule has 0 fully saturated rings. The van der Waals surface area contributed by atoms with Crippen molar-refractivity contribution in [3.63, 3.8) is 0 Å². The van der Waals surface area contributed by atoms with Gasteiger partial charge in [0.1, 0.15) is 5.82 Å². The molecule has 2 aromatic heterocycles. The Kier molecular flexibility index (Phi) is 6.34. The van der Waals surface area contributed by atoms with Gasteiger partial charge in [0.2, 0.25) is 0 Å². The molecule has 0 saturated heterocycles. The van der Waals surface area contributed by atoms with Crippen molar-refractivity contribution in [1.29, 1.82) is 0 Å². The van der Waals surface area contributed by atoms with E-state index in [-0.39, 0.29) is 5.76 Å². The van der Waals surface area contributed by atoms with Crippen molar-refractivity contribution >= 4 is 22.6 Å². The number of hydrogen-bond acceptors (Lipinski definition) is 5. The number of carboxylic acids is 1. The van der Waals surface area contributed by atoms with E-state index in [4.69, 9.17) is 14.3 Å². The maximum absolute atomic E-state index is 11.6. The van der Waals surface area contributed by atoms with E-state index >= 15 is 0 Å². The molecule has 0 saturated carbocycles. The lowest BCUT2D eigenvalue weighted by Gasteiger charge is -2.26. The van der Waals surface area contributed by atoms with Crippen molar-refractivity contribution in [3.8, 4) is 0 Å². The lowest BCUT2D eigenvalue weighted by atomic mass is 10.1. The standard InChI is InChI=1S/C18H20N4O2.C2HF3O2/c1-20-10-7-19-17(20)14-5-8-22(9-6-14)12-13-3-4-16-15(11-13)21(2)18(23)24-16;3-2(4,5)1(6)7/h3-5,7,10-11H,6,8-9,12H2,1-2H3;(H,6,7). The summed E-state index contributed by atoms with van der Waals surface area (Å²) in [6.07, 6.45) is 2.00. The number of oxazole rings is 1. The number of nitrogens with zero attached hydrogens (tertiary/aromatic N) is 4. The van der Waals surface area contributed by atoms with Gasteiger partial charge in [-0.15, -0.1) is 0 Å². The molecule has 1 aromatic carbocycles. The highest BCUT2D eigenvalue weighted by Gasteiger charge is 2.38. The number of hydrogen-bond donors (Lipinski definition) is 1. The first kappa shape index (κ1) is 22.3. The number of fused-ring (bicyclic) bond motifs is 1. The number of aromatic nitrogens is 3. The second kappa shape index (κ2) is 8.80. The zero-order valence-electron chi connectivity index (χ0n) is 16.9. The summed E-state index contributed by atoms with van der Waals surface area (Å²) >= 11 is 0. The number of aryl methyl sites for hydroxylation is 2. The van der Waals surface area contributed by atoms with Crippen molar-refractivity contribution in [3.05, 3.63) is 58.6 Å². The molecule has 1 aliphatic heterocycles. The Morgan fingerprint density at radius 3 is 2.55 bits per heavy atom. The molecule has 31 heavy (non-hydrogen) atoms. The molecule has 3 aromatic rings. The Bertz CT molecular complexity index is 1170. The molecule has 4 rings (SSSR count). The number of alkyl halides is 3. The molecule has 0 amide bonds. The molecule has 0 radical (unpaired) electrons. The highest BCUT2D eigenvalue weighted by atomic mass is 19.4. The molecule has 0 aliphatic carbocycles. The zero-order valence-corrected chi connectivity index (χ0v) is 16.9. The van der Waals surface area contributed by atoms with Gasteiger partial charge in [-0.25, -0.2) is 14.6 Å². The van der Waals surface area contributed by atoms with Crippen LogP contribution in [0.3, 0.4) is 0 Å². The van der Waals surface area contributed by atoms with E-state index in [1.165, 1.54) is 11.1 Å². The molecule has 1 aliphatic rings. The van der Waals surface area contributed by atoms with Gasteiger partial charge in [-0.3, -0.25) is 9.47 Å². The highest BCUT2D eigenvalue weighted by molar-refractivity contribution is 5.74. The number of aliphatic carboxylic acids is 1. The van der Waals surface area contributed by atoms with Crippen LogP contribution in [0.1, 0.15) is 17.8 Å². The van der Waals surface area contributed by atoms with Crippen molar-refractivity contribution in [1.82, 2.24) is 19.0 Å². The van der Waals surface area contributed by atoms with Gasteiger partial charge in [-0.05, 0) is 29.7 Å². The van der Waals surface area contributed by atoms with Gasteiger partial charge >= 0.3 is 17.9 Å². The summed E-state index contributed by atoms with van der Waals surface area (Å²) in [5.41, 5.74) is 3.99. The molecule has 0 spiro atoms. The Morgan fingerprint density at radius 2 is 2.00 bits per heavy atom. The maximum atomic E-state index is 11.6. The first-order valence-corrected chi connectivity index (χ1v) is 9.34. The van der Waals surface area contributed by atoms with Crippen LogP contribution in [0.2, 0.25) is 0 Å². The van der Waals surface area contributed by atoms with Crippen molar-refractivity contribution in [2.45, 2.75) is 19.1 Å². The fourth-order valence-electron chi connectivity index (χ4n) is 3.26. The molecule has 166 valence electrons. The Hall–Kier alpha value is -3.34. The summed E-state index contributed by atoms with van der Waals surface area (Å²) in [4.78, 5) is 27.3. The summed E-state index contributed by atoms with van der Waals surface area (Å²) in [6.45, 7) is 2.77. The largest absolute Gasteiger partial charge is 0.490 e. The van der Waals surface area contributed by atoms with Gasteiger partial charge in [0, 0.05) is 46.1 Å². The number of benzene rings is 1. The second-order valence-electron chi connectivity index (χ2n) is 7.11. The second-order valence-corrected chi connectivity index (χ2v) is 7.11. The summed E-state index contributed by atoms with van der Waals surface area (Å²) in [7, 11) is 3.76. The van der Waals surface area contributed by atoms with Crippen molar-refractivity contribution in [2.75, 3.05) is 13.1 Å². The van der Waals surface area contributed by atoms with E-state index < -0.39 is 12.1 Å². The van der Waals surface area contributed by atoms with Crippen LogP contribution in [-0.4, -0.2) is 49.4 Å². The maximum Gasteiger partial charge on any atom is 0.490 e. The van der Waals surface area contributed by atoms with Crippen LogP contribution in [0.5, 0.6) is 0 Å². The van der Waals surface area contributed by atoms with E-state index in [1.807, 2.05) is 37.6 Å². The van der Waals surface area contributed by atoms with E-state index in [9.17, 15) is 18.0 Å². The summed E-state index contributed by atoms with van der Waals surface area (Å²) in [5, 5.41) is 7.12. The quantitative estimate of drug-likeness (QED) is 0.676. The van der Waals surface area contributed by atoms with Crippen LogP contribution in [0, 0.1) is 0 Å². The van der Waals surface area contributed by atoms with Crippen molar-refractivity contribution in [2.24, 2.45) is 14.1 Å². The molecule has 1 N–H and O–H groups in total. The summed E-state index contributed by atoms with van der Waals surface area (Å²) in [6, 6.07) is 5.95. The minimum atomic E-state index is -5.08. The fraction of sp³-hybridized carbons (Fsp3) is 0.350. The molecule has 0 unspecified atom stereocenters. The SMILES string of the molecule is Cn1ccnc1C1=CCN(Cc2ccc3oc(=O)n(C)c3c2)CC1.O=C(O)C(F)(F)F. The number of rotatable bonds is 3. The van der Waals surface area contributed by atoms with Gasteiger partial charge in [0.15, 0.2) is 5.58 Å². The van der Waals surface area contributed by atoms with E-state index in [0.29, 0.717) is 5.58 Å². The summed E-state index contributed by atoms with van der Waals surface area (Å²) < 4.78 is 40.5. The molecule has 3 heterocycles. The third-order valence-electron chi connectivity index (χ3n) is 4.91. The van der Waals surface area contributed by atoms with Gasteiger partial charge in [-0.1, -0.05) is 12.1 Å². The van der Waals surface area contributed by atoms with Crippen LogP contribution in [0.25, 0.3) is 16.7 Å². The first-order chi connectivity index (χ1) is 14.6. The molecule has 8 nitrogen and oxygen atoms in total. The van der Waals surface area contributed by atoms with Crippen LogP contribution in [0.4, 0.5) is 13.2 Å². The number of halogens is 3. The molecular formula is C20H21F3N4O4. The molecule has 0 bridgehead atoms. The van der Waals surface area contributed by atoms with E-state index in [2.05, 4.69) is 20.5 Å². The Balaban J connectivity index is 0.000000339. The van der Waals surface area contributed by atoms with E-state index in [0.717, 1.165) is 37.4 Å². The lowest BCUT2D eigenvalue weighted by Crippen LogP contribution is -2.28. The van der Waals surface area contributed by atoms with Crippen LogP contribution >= 0.6 is 0 Å². The number of imidazole rings is 1. The highest BCUT2D eigenvalue weighted by Crippen LogP contribution is 2.22. The fourth-order valence-corrected chi connectivity index (χ4v) is 3.26. The topological polar surface area (TPSA) is 93.5 Å². The number of carbonyl (C=O) groups is 1. The third kappa shape index (κ3) is 5.23. The van der Waals surface area contributed by atoms with Gasteiger partial charge in [-0.2, -0.15) is 13.2 Å². The third-order valence-corrected chi connectivity index (χ3v) is 4.91. The van der Waals surface area contributed by atoms with Gasteiger partial charge < -0.3 is 14.1 Å². The van der Waals surface area contributed by atoms with E-state index in [1.54, 1.807) is 11.6 Å². The molecule has 0 atom stereocenters. The minimum Gasteiger partial charge on any atom is -0.475 e. The predicted molar refractivity (Wildman–Crippen MR) is 106 cm³/mol. The minimum absolute atomic E-state index is 0.317. The Labute approximate surface area is 174 Å². The smallest absolute Gasteiger partial charge is 0.475 e. The average molecular weight is 438 g/mol. The number of carboxylic acid groups (broad SMARTS) is 1.